The first-order valence-corrected chi connectivity index (χ1v) is 6.83. The van der Waals surface area contributed by atoms with Crippen molar-refractivity contribution < 1.29 is 1.37 Å². The number of rotatable bonds is 1. The average molecular weight is 226 g/mol. The van der Waals surface area contributed by atoms with Crippen LogP contribution in [-0.2, 0) is 0 Å². The van der Waals surface area contributed by atoms with E-state index >= 15 is 0 Å². The molecule has 2 unspecified atom stereocenters. The Morgan fingerprint density at radius 2 is 1.19 bits per heavy atom. The molecule has 1 rings (SSSR count). The largest absolute Gasteiger partial charge is 0.0625 e. The van der Waals surface area contributed by atoms with Crippen LogP contribution < -0.4 is 0 Å². The van der Waals surface area contributed by atoms with E-state index in [0.29, 0.717) is 16.7 Å². The monoisotopic (exact) mass is 226 g/mol. The second-order valence-electron chi connectivity index (χ2n) is 8.19. The van der Waals surface area contributed by atoms with Crippen molar-refractivity contribution in [3.05, 3.63) is 0 Å². The van der Waals surface area contributed by atoms with Crippen molar-refractivity contribution >= 4 is 0 Å². The molecule has 0 radical (unpaired) electrons. The Morgan fingerprint density at radius 3 is 1.38 bits per heavy atom. The van der Waals surface area contributed by atoms with Gasteiger partial charge in [-0.3, -0.25) is 0 Å². The third-order valence-electron chi connectivity index (χ3n) is 4.60. The van der Waals surface area contributed by atoms with E-state index in [1.807, 2.05) is 0 Å². The fourth-order valence-electron chi connectivity index (χ4n) is 3.42. The molecule has 0 aliphatic heterocycles. The summed E-state index contributed by atoms with van der Waals surface area (Å²) in [7, 11) is 0. The molecular weight excluding hydrogens is 192 g/mol. The van der Waals surface area contributed by atoms with Crippen LogP contribution in [0.5, 0.6) is 0 Å². The summed E-state index contributed by atoms with van der Waals surface area (Å²) < 4.78 is 8.32. The van der Waals surface area contributed by atoms with E-state index in [2.05, 4.69) is 55.4 Å². The van der Waals surface area contributed by atoms with Gasteiger partial charge in [-0.2, -0.15) is 0 Å². The molecule has 0 aromatic carbocycles. The van der Waals surface area contributed by atoms with Gasteiger partial charge < -0.3 is 0 Å². The summed E-state index contributed by atoms with van der Waals surface area (Å²) in [4.78, 5) is 0. The molecule has 0 N–H and O–H groups in total. The third kappa shape index (κ3) is 3.02. The first kappa shape index (κ1) is 12.5. The van der Waals surface area contributed by atoms with Crippen LogP contribution in [0.3, 0.4) is 0 Å². The first-order chi connectivity index (χ1) is 7.33. The average Bonchev–Trinajstić information content (AvgIpc) is 2.42. The molecule has 1 aliphatic rings. The summed E-state index contributed by atoms with van der Waals surface area (Å²) in [5.74, 6) is 1.81. The van der Waals surface area contributed by atoms with E-state index in [0.717, 1.165) is 11.8 Å². The Morgan fingerprint density at radius 1 is 0.875 bits per heavy atom. The molecular formula is C16H32. The molecule has 0 amide bonds. The zero-order chi connectivity index (χ0) is 13.6. The molecule has 0 heteroatoms. The standard InChI is InChI=1S/C16H32/c1-11(2)12-9-13(15(3,4)5)14(10-12)16(6,7)8/h11-14H,9-10H2,1-8H3/i11T. The van der Waals surface area contributed by atoms with Crippen LogP contribution in [0.2, 0.25) is 0 Å². The highest BCUT2D eigenvalue weighted by Gasteiger charge is 2.45. The highest BCUT2D eigenvalue weighted by atomic mass is 14.5. The maximum atomic E-state index is 8.32. The summed E-state index contributed by atoms with van der Waals surface area (Å²) in [6.07, 6.45) is 2.48. The maximum Gasteiger partial charge on any atom is 0.0300 e. The summed E-state index contributed by atoms with van der Waals surface area (Å²) >= 11 is 0. The van der Waals surface area contributed by atoms with Crippen molar-refractivity contribution in [1.29, 1.82) is 0 Å². The Bertz CT molecular complexity index is 237. The van der Waals surface area contributed by atoms with E-state index < -0.39 is 0 Å². The van der Waals surface area contributed by atoms with Crippen LogP contribution >= 0.6 is 0 Å². The zero-order valence-electron chi connectivity index (χ0n) is 13.6. The van der Waals surface area contributed by atoms with Crippen molar-refractivity contribution in [3.8, 4) is 0 Å². The lowest BCUT2D eigenvalue weighted by atomic mass is 9.66. The summed E-state index contributed by atoms with van der Waals surface area (Å²) in [5, 5.41) is 0. The quantitative estimate of drug-likeness (QED) is 0.563. The van der Waals surface area contributed by atoms with Gasteiger partial charge >= 0.3 is 0 Å². The van der Waals surface area contributed by atoms with E-state index in [4.69, 9.17) is 1.37 Å². The Balaban J connectivity index is 2.96. The van der Waals surface area contributed by atoms with Gasteiger partial charge in [-0.25, -0.2) is 0 Å². The third-order valence-corrected chi connectivity index (χ3v) is 4.60. The van der Waals surface area contributed by atoms with Crippen LogP contribution in [0, 0.1) is 34.5 Å². The van der Waals surface area contributed by atoms with Crippen LogP contribution in [0.1, 0.15) is 69.6 Å². The molecule has 96 valence electrons. The molecule has 0 saturated heterocycles. The van der Waals surface area contributed by atoms with Gasteiger partial charge in [0.25, 0.3) is 0 Å². The predicted octanol–water partition coefficient (Wildman–Crippen LogP) is 5.38. The molecule has 0 aromatic heterocycles. The lowest BCUT2D eigenvalue weighted by Gasteiger charge is -2.39. The molecule has 1 aliphatic carbocycles. The summed E-state index contributed by atoms with van der Waals surface area (Å²) in [6.45, 7) is 18.4. The summed E-state index contributed by atoms with van der Waals surface area (Å²) in [5.41, 5.74) is 0.746. The SMILES string of the molecule is [3H]C(C)(C)C1CC(C(C)(C)C)C(C(C)(C)C)C1. The van der Waals surface area contributed by atoms with Gasteiger partial charge in [-0.1, -0.05) is 55.4 Å². The molecule has 1 saturated carbocycles. The van der Waals surface area contributed by atoms with Crippen LogP contribution in [0.25, 0.3) is 0 Å². The minimum absolute atomic E-state index is 0.274. The van der Waals surface area contributed by atoms with Gasteiger partial charge in [0.2, 0.25) is 0 Å². The first-order valence-electron chi connectivity index (χ1n) is 7.33. The smallest absolute Gasteiger partial charge is 0.0300 e. The second kappa shape index (κ2) is 4.35. The van der Waals surface area contributed by atoms with Crippen molar-refractivity contribution in [3.63, 3.8) is 0 Å². The van der Waals surface area contributed by atoms with E-state index in [9.17, 15) is 0 Å². The minimum atomic E-state index is -0.274. The highest BCUT2D eigenvalue weighted by Crippen LogP contribution is 2.54. The molecule has 1 fully saturated rings. The normalized spacial score (nSPS) is 34.0. The van der Waals surface area contributed by atoms with Crippen molar-refractivity contribution in [2.24, 2.45) is 34.5 Å². The Labute approximate surface area is 105 Å². The Hall–Kier alpha value is 0. The van der Waals surface area contributed by atoms with Crippen LogP contribution in [0.4, 0.5) is 0 Å². The van der Waals surface area contributed by atoms with E-state index in [1.165, 1.54) is 12.8 Å². The molecule has 0 aromatic rings. The number of hydrogen-bond donors (Lipinski definition) is 0. The minimum Gasteiger partial charge on any atom is -0.0625 e. The lowest BCUT2D eigenvalue weighted by molar-refractivity contribution is 0.0992. The molecule has 0 nitrogen and oxygen atoms in total. The molecule has 0 bridgehead atoms. The zero-order valence-corrected chi connectivity index (χ0v) is 12.6. The van der Waals surface area contributed by atoms with E-state index in [-0.39, 0.29) is 5.89 Å². The molecule has 0 spiro atoms. The fraction of sp³-hybridized carbons (Fsp3) is 1.00. The van der Waals surface area contributed by atoms with Gasteiger partial charge in [0, 0.05) is 1.37 Å². The number of hydrogen-bond acceptors (Lipinski definition) is 0. The fourth-order valence-corrected chi connectivity index (χ4v) is 3.42. The Kier molecular flexibility index (Phi) is 3.39. The summed E-state index contributed by atoms with van der Waals surface area (Å²) in [6, 6.07) is 0. The van der Waals surface area contributed by atoms with Gasteiger partial charge in [0.05, 0.1) is 0 Å². The topological polar surface area (TPSA) is 0 Å². The van der Waals surface area contributed by atoms with Gasteiger partial charge in [0.1, 0.15) is 0 Å². The predicted molar refractivity (Wildman–Crippen MR) is 73.5 cm³/mol. The molecule has 2 atom stereocenters. The highest BCUT2D eigenvalue weighted by molar-refractivity contribution is 4.95. The van der Waals surface area contributed by atoms with Crippen LogP contribution in [-0.4, -0.2) is 0 Å². The van der Waals surface area contributed by atoms with Crippen molar-refractivity contribution in [1.82, 2.24) is 0 Å². The van der Waals surface area contributed by atoms with Crippen molar-refractivity contribution in [2.45, 2.75) is 68.2 Å². The van der Waals surface area contributed by atoms with Crippen molar-refractivity contribution in [2.75, 3.05) is 0 Å². The van der Waals surface area contributed by atoms with Gasteiger partial charge in [0.15, 0.2) is 0 Å². The van der Waals surface area contributed by atoms with E-state index in [1.54, 1.807) is 0 Å². The van der Waals surface area contributed by atoms with Gasteiger partial charge in [-0.15, -0.1) is 0 Å². The lowest BCUT2D eigenvalue weighted by Crippen LogP contribution is -2.32. The maximum absolute atomic E-state index is 8.32. The van der Waals surface area contributed by atoms with Crippen LogP contribution in [0.15, 0.2) is 0 Å². The second-order valence-corrected chi connectivity index (χ2v) is 8.19. The van der Waals surface area contributed by atoms with Gasteiger partial charge in [-0.05, 0) is 47.3 Å². The molecule has 0 heterocycles. The molecule has 16 heavy (non-hydrogen) atoms.